The van der Waals surface area contributed by atoms with Gasteiger partial charge in [0.1, 0.15) is 5.76 Å². The first-order valence-corrected chi connectivity index (χ1v) is 5.48. The van der Waals surface area contributed by atoms with E-state index in [2.05, 4.69) is 17.3 Å². The van der Waals surface area contributed by atoms with Gasteiger partial charge in [0.2, 0.25) is 0 Å². The minimum absolute atomic E-state index is 0.189. The average Bonchev–Trinajstić information content (AvgIpc) is 2.75. The third-order valence-corrected chi connectivity index (χ3v) is 2.42. The fourth-order valence-corrected chi connectivity index (χ4v) is 1.62. The van der Waals surface area contributed by atoms with E-state index in [4.69, 9.17) is 9.63 Å². The van der Waals surface area contributed by atoms with Crippen molar-refractivity contribution in [3.8, 4) is 0 Å². The predicted molar refractivity (Wildman–Crippen MR) is 61.2 cm³/mol. The van der Waals surface area contributed by atoms with Gasteiger partial charge in [-0.3, -0.25) is 0 Å². The Morgan fingerprint density at radius 3 is 2.75 bits per heavy atom. The van der Waals surface area contributed by atoms with E-state index < -0.39 is 0 Å². The molecule has 84 valence electrons. The first kappa shape index (κ1) is 10.9. The van der Waals surface area contributed by atoms with Gasteiger partial charge < -0.3 is 9.63 Å². The lowest BCUT2D eigenvalue weighted by Gasteiger charge is -1.94. The lowest BCUT2D eigenvalue weighted by atomic mass is 10.1. The molecule has 0 spiro atoms. The maximum atomic E-state index is 8.71. The Morgan fingerprint density at radius 2 is 2.00 bits per heavy atom. The van der Waals surface area contributed by atoms with Crippen LogP contribution in [0.25, 0.3) is 0 Å². The molecular weight excluding hydrogens is 202 g/mol. The van der Waals surface area contributed by atoms with Gasteiger partial charge in [-0.2, -0.15) is 0 Å². The fourth-order valence-electron chi connectivity index (χ4n) is 1.62. The smallest absolute Gasteiger partial charge is 0.137 e. The van der Waals surface area contributed by atoms with E-state index in [1.54, 1.807) is 0 Å². The molecule has 0 aliphatic heterocycles. The molecule has 0 atom stereocenters. The molecule has 16 heavy (non-hydrogen) atoms. The van der Waals surface area contributed by atoms with Crippen LogP contribution < -0.4 is 0 Å². The summed E-state index contributed by atoms with van der Waals surface area (Å²) in [6.45, 7) is 0.189. The topological polar surface area (TPSA) is 46.3 Å². The van der Waals surface area contributed by atoms with Crippen LogP contribution in [-0.4, -0.2) is 16.9 Å². The quantitative estimate of drug-likeness (QED) is 0.835. The Kier molecular flexibility index (Phi) is 3.72. The van der Waals surface area contributed by atoms with E-state index in [-0.39, 0.29) is 6.61 Å². The van der Waals surface area contributed by atoms with Crippen molar-refractivity contribution in [1.82, 2.24) is 5.16 Å². The predicted octanol–water partition coefficient (Wildman–Crippen LogP) is 2.19. The molecule has 0 bridgehead atoms. The van der Waals surface area contributed by atoms with Crippen molar-refractivity contribution >= 4 is 0 Å². The molecule has 1 heterocycles. The monoisotopic (exact) mass is 217 g/mol. The minimum atomic E-state index is 0.189. The van der Waals surface area contributed by atoms with Crippen LogP contribution in [0.3, 0.4) is 0 Å². The SMILES string of the molecule is OCCCc1cc(Cc2ccccc2)no1. The summed E-state index contributed by atoms with van der Waals surface area (Å²) in [5, 5.41) is 12.7. The molecule has 0 fully saturated rings. The molecule has 0 amide bonds. The van der Waals surface area contributed by atoms with Crippen molar-refractivity contribution in [2.45, 2.75) is 19.3 Å². The van der Waals surface area contributed by atoms with Crippen molar-refractivity contribution in [1.29, 1.82) is 0 Å². The highest BCUT2D eigenvalue weighted by atomic mass is 16.5. The van der Waals surface area contributed by atoms with E-state index in [1.165, 1.54) is 5.56 Å². The van der Waals surface area contributed by atoms with Crippen molar-refractivity contribution in [2.75, 3.05) is 6.61 Å². The number of aryl methyl sites for hydroxylation is 1. The standard InChI is InChI=1S/C13H15NO2/c15-8-4-7-13-10-12(14-16-13)9-11-5-2-1-3-6-11/h1-3,5-6,10,15H,4,7-9H2. The molecule has 2 aromatic rings. The summed E-state index contributed by atoms with van der Waals surface area (Å²) >= 11 is 0. The number of hydrogen-bond acceptors (Lipinski definition) is 3. The van der Waals surface area contributed by atoms with Crippen molar-refractivity contribution < 1.29 is 9.63 Å². The number of aromatic nitrogens is 1. The first-order chi connectivity index (χ1) is 7.88. The second-order valence-corrected chi connectivity index (χ2v) is 3.77. The maximum absolute atomic E-state index is 8.71. The highest BCUT2D eigenvalue weighted by molar-refractivity contribution is 5.21. The third-order valence-electron chi connectivity index (χ3n) is 2.42. The molecule has 1 aromatic heterocycles. The van der Waals surface area contributed by atoms with Crippen LogP contribution in [0.2, 0.25) is 0 Å². The van der Waals surface area contributed by atoms with Gasteiger partial charge in [0, 0.05) is 25.5 Å². The second kappa shape index (κ2) is 5.47. The van der Waals surface area contributed by atoms with Crippen LogP contribution in [0.1, 0.15) is 23.4 Å². The summed E-state index contributed by atoms with van der Waals surface area (Å²) in [6, 6.07) is 12.1. The molecule has 1 aromatic carbocycles. The van der Waals surface area contributed by atoms with E-state index in [9.17, 15) is 0 Å². The Morgan fingerprint density at radius 1 is 1.19 bits per heavy atom. The lowest BCUT2D eigenvalue weighted by Crippen LogP contribution is -1.87. The molecule has 1 N–H and O–H groups in total. The van der Waals surface area contributed by atoms with Crippen LogP contribution in [-0.2, 0) is 12.8 Å². The molecule has 0 saturated heterocycles. The minimum Gasteiger partial charge on any atom is -0.396 e. The summed E-state index contributed by atoms with van der Waals surface area (Å²) in [5.41, 5.74) is 2.17. The zero-order valence-electron chi connectivity index (χ0n) is 9.10. The normalized spacial score (nSPS) is 10.6. The second-order valence-electron chi connectivity index (χ2n) is 3.77. The van der Waals surface area contributed by atoms with E-state index in [0.717, 1.165) is 30.7 Å². The molecule has 3 nitrogen and oxygen atoms in total. The number of benzene rings is 1. The lowest BCUT2D eigenvalue weighted by molar-refractivity contribution is 0.279. The van der Waals surface area contributed by atoms with Gasteiger partial charge in [0.05, 0.1) is 5.69 Å². The number of hydrogen-bond donors (Lipinski definition) is 1. The number of nitrogens with zero attached hydrogens (tertiary/aromatic N) is 1. The summed E-state index contributed by atoms with van der Waals surface area (Å²) in [7, 11) is 0. The van der Waals surface area contributed by atoms with Gasteiger partial charge in [-0.25, -0.2) is 0 Å². The molecule has 3 heteroatoms. The molecule has 0 aliphatic carbocycles. The van der Waals surface area contributed by atoms with E-state index in [0.29, 0.717) is 0 Å². The van der Waals surface area contributed by atoms with Crippen molar-refractivity contribution in [3.05, 3.63) is 53.4 Å². The maximum Gasteiger partial charge on any atom is 0.137 e. The molecule has 0 aliphatic rings. The zero-order valence-corrected chi connectivity index (χ0v) is 9.10. The number of aliphatic hydroxyl groups is 1. The van der Waals surface area contributed by atoms with Gasteiger partial charge in [-0.15, -0.1) is 0 Å². The molecule has 0 saturated carbocycles. The molecular formula is C13H15NO2. The summed E-state index contributed by atoms with van der Waals surface area (Å²) in [4.78, 5) is 0. The Bertz CT molecular complexity index is 423. The van der Waals surface area contributed by atoms with Crippen LogP contribution in [0, 0.1) is 0 Å². The summed E-state index contributed by atoms with van der Waals surface area (Å²) in [6.07, 6.45) is 2.27. The summed E-state index contributed by atoms with van der Waals surface area (Å²) < 4.78 is 5.18. The van der Waals surface area contributed by atoms with Crippen LogP contribution >= 0.6 is 0 Å². The highest BCUT2D eigenvalue weighted by Crippen LogP contribution is 2.11. The molecule has 0 unspecified atom stereocenters. The van der Waals surface area contributed by atoms with Gasteiger partial charge >= 0.3 is 0 Å². The highest BCUT2D eigenvalue weighted by Gasteiger charge is 2.04. The van der Waals surface area contributed by atoms with Crippen LogP contribution in [0.15, 0.2) is 40.9 Å². The molecule has 0 radical (unpaired) electrons. The number of aliphatic hydroxyl groups excluding tert-OH is 1. The third kappa shape index (κ3) is 2.94. The van der Waals surface area contributed by atoms with E-state index in [1.807, 2.05) is 24.3 Å². The first-order valence-electron chi connectivity index (χ1n) is 5.48. The van der Waals surface area contributed by atoms with Gasteiger partial charge in [0.15, 0.2) is 0 Å². The number of rotatable bonds is 5. The van der Waals surface area contributed by atoms with Crippen molar-refractivity contribution in [3.63, 3.8) is 0 Å². The van der Waals surface area contributed by atoms with Crippen molar-refractivity contribution in [2.24, 2.45) is 0 Å². The molecule has 2 rings (SSSR count). The largest absolute Gasteiger partial charge is 0.396 e. The van der Waals surface area contributed by atoms with Gasteiger partial charge in [0.25, 0.3) is 0 Å². The van der Waals surface area contributed by atoms with Gasteiger partial charge in [-0.1, -0.05) is 35.5 Å². The fraction of sp³-hybridized carbons (Fsp3) is 0.308. The van der Waals surface area contributed by atoms with E-state index >= 15 is 0 Å². The Labute approximate surface area is 94.7 Å². The summed E-state index contributed by atoms with van der Waals surface area (Å²) in [5.74, 6) is 0.847. The van der Waals surface area contributed by atoms with Crippen LogP contribution in [0.5, 0.6) is 0 Å². The van der Waals surface area contributed by atoms with Crippen LogP contribution in [0.4, 0.5) is 0 Å². The Balaban J connectivity index is 1.97. The zero-order chi connectivity index (χ0) is 11.2. The average molecular weight is 217 g/mol. The van der Waals surface area contributed by atoms with Gasteiger partial charge in [-0.05, 0) is 12.0 Å². The Hall–Kier alpha value is -1.61.